The average molecular weight is 260 g/mol. The molecule has 0 aliphatic rings. The molecule has 90 valence electrons. The van der Waals surface area contributed by atoms with E-state index >= 15 is 0 Å². The van der Waals surface area contributed by atoms with Crippen LogP contribution in [-0.2, 0) is 9.84 Å². The van der Waals surface area contributed by atoms with Gasteiger partial charge in [0.15, 0.2) is 9.84 Å². The van der Waals surface area contributed by atoms with Gasteiger partial charge in [-0.2, -0.15) is 0 Å². The van der Waals surface area contributed by atoms with Gasteiger partial charge in [-0.05, 0) is 30.7 Å². The van der Waals surface area contributed by atoms with E-state index in [1.54, 1.807) is 24.3 Å². The highest BCUT2D eigenvalue weighted by molar-refractivity contribution is 7.99. The first-order chi connectivity index (χ1) is 7.60. The summed E-state index contributed by atoms with van der Waals surface area (Å²) in [6.07, 6.45) is 0.628. The van der Waals surface area contributed by atoms with Gasteiger partial charge in [-0.3, -0.25) is 0 Å². The Hall–Kier alpha value is -0.520. The molecule has 0 amide bonds. The van der Waals surface area contributed by atoms with Crippen LogP contribution in [0.4, 0.5) is 0 Å². The Morgan fingerprint density at radius 1 is 1.25 bits per heavy atom. The number of aliphatic hydroxyl groups is 1. The minimum Gasteiger partial charge on any atom is -0.396 e. The summed E-state index contributed by atoms with van der Waals surface area (Å²) in [5.41, 5.74) is 0. The van der Waals surface area contributed by atoms with Crippen LogP contribution in [0.25, 0.3) is 0 Å². The summed E-state index contributed by atoms with van der Waals surface area (Å²) in [5.74, 6) is 0.817. The summed E-state index contributed by atoms with van der Waals surface area (Å²) in [4.78, 5) is 1.35. The molecule has 16 heavy (non-hydrogen) atoms. The largest absolute Gasteiger partial charge is 0.396 e. The number of benzene rings is 1. The third-order valence-corrected chi connectivity index (χ3v) is 4.94. The van der Waals surface area contributed by atoms with Crippen molar-refractivity contribution in [3.05, 3.63) is 24.3 Å². The number of aliphatic hydroxyl groups excluding tert-OH is 1. The molecule has 0 saturated heterocycles. The van der Waals surface area contributed by atoms with Gasteiger partial charge in [0.2, 0.25) is 0 Å². The number of rotatable bonds is 6. The van der Waals surface area contributed by atoms with E-state index in [0.29, 0.717) is 17.1 Å². The number of sulfone groups is 1. The van der Waals surface area contributed by atoms with Crippen molar-refractivity contribution in [2.24, 2.45) is 0 Å². The van der Waals surface area contributed by atoms with E-state index in [1.807, 2.05) is 6.92 Å². The van der Waals surface area contributed by atoms with Gasteiger partial charge in [0, 0.05) is 10.6 Å². The van der Waals surface area contributed by atoms with Crippen LogP contribution in [0.1, 0.15) is 13.3 Å². The predicted octanol–water partition coefficient (Wildman–Crippen LogP) is 1.95. The zero-order valence-electron chi connectivity index (χ0n) is 9.22. The monoisotopic (exact) mass is 260 g/mol. The van der Waals surface area contributed by atoms with E-state index in [2.05, 4.69) is 0 Å². The van der Waals surface area contributed by atoms with Crippen molar-refractivity contribution in [2.45, 2.75) is 23.1 Å². The van der Waals surface area contributed by atoms with E-state index in [4.69, 9.17) is 5.11 Å². The van der Waals surface area contributed by atoms with Gasteiger partial charge in [-0.1, -0.05) is 6.92 Å². The highest BCUT2D eigenvalue weighted by Gasteiger charge is 2.12. The van der Waals surface area contributed by atoms with Crippen molar-refractivity contribution in [1.29, 1.82) is 0 Å². The van der Waals surface area contributed by atoms with E-state index in [-0.39, 0.29) is 12.4 Å². The molecule has 0 heterocycles. The second-order valence-electron chi connectivity index (χ2n) is 3.36. The molecule has 0 aliphatic carbocycles. The van der Waals surface area contributed by atoms with Crippen LogP contribution in [0, 0.1) is 0 Å². The molecule has 3 nitrogen and oxygen atoms in total. The molecule has 0 spiro atoms. The van der Waals surface area contributed by atoms with Crippen LogP contribution >= 0.6 is 11.8 Å². The van der Waals surface area contributed by atoms with E-state index < -0.39 is 9.84 Å². The predicted molar refractivity (Wildman–Crippen MR) is 66.6 cm³/mol. The van der Waals surface area contributed by atoms with Crippen molar-refractivity contribution >= 4 is 21.6 Å². The maximum absolute atomic E-state index is 11.7. The molecule has 1 aromatic carbocycles. The van der Waals surface area contributed by atoms with E-state index in [9.17, 15) is 8.42 Å². The van der Waals surface area contributed by atoms with Crippen LogP contribution in [0.3, 0.4) is 0 Å². The molecular formula is C11H16O3S2. The summed E-state index contributed by atoms with van der Waals surface area (Å²) < 4.78 is 23.4. The van der Waals surface area contributed by atoms with Crippen molar-refractivity contribution in [2.75, 3.05) is 18.1 Å². The average Bonchev–Trinajstić information content (AvgIpc) is 2.27. The van der Waals surface area contributed by atoms with E-state index in [0.717, 1.165) is 4.90 Å². The van der Waals surface area contributed by atoms with Crippen molar-refractivity contribution < 1.29 is 13.5 Å². The van der Waals surface area contributed by atoms with Crippen LogP contribution < -0.4 is 0 Å². The van der Waals surface area contributed by atoms with Gasteiger partial charge in [0.1, 0.15) is 0 Å². The number of hydrogen-bond acceptors (Lipinski definition) is 4. The van der Waals surface area contributed by atoms with Crippen LogP contribution in [-0.4, -0.2) is 31.6 Å². The van der Waals surface area contributed by atoms with Crippen LogP contribution in [0.5, 0.6) is 0 Å². The molecule has 1 aromatic rings. The van der Waals surface area contributed by atoms with Gasteiger partial charge < -0.3 is 5.11 Å². The SMILES string of the molecule is CCCS(=O)(=O)c1ccc(SCCO)cc1. The second kappa shape index (κ2) is 6.27. The lowest BCUT2D eigenvalue weighted by atomic mass is 10.4. The summed E-state index contributed by atoms with van der Waals surface area (Å²) in [6, 6.07) is 6.82. The lowest BCUT2D eigenvalue weighted by Crippen LogP contribution is -2.05. The maximum atomic E-state index is 11.7. The van der Waals surface area contributed by atoms with Crippen molar-refractivity contribution in [3.63, 3.8) is 0 Å². The third-order valence-electron chi connectivity index (χ3n) is 2.02. The third kappa shape index (κ3) is 3.81. The van der Waals surface area contributed by atoms with Crippen molar-refractivity contribution in [3.8, 4) is 0 Å². The molecule has 1 N–H and O–H groups in total. The fourth-order valence-electron chi connectivity index (χ4n) is 1.29. The zero-order valence-corrected chi connectivity index (χ0v) is 10.9. The minimum atomic E-state index is -3.11. The molecule has 0 aromatic heterocycles. The molecule has 1 rings (SSSR count). The second-order valence-corrected chi connectivity index (χ2v) is 6.64. The molecule has 0 fully saturated rings. The molecule has 0 saturated carbocycles. The van der Waals surface area contributed by atoms with Gasteiger partial charge >= 0.3 is 0 Å². The van der Waals surface area contributed by atoms with Gasteiger partial charge in [0.25, 0.3) is 0 Å². The summed E-state index contributed by atoms with van der Waals surface area (Å²) in [6.45, 7) is 1.98. The van der Waals surface area contributed by atoms with Gasteiger partial charge in [-0.25, -0.2) is 8.42 Å². The number of thioether (sulfide) groups is 1. The Bertz CT molecular complexity index is 409. The number of hydrogen-bond donors (Lipinski definition) is 1. The highest BCUT2D eigenvalue weighted by Crippen LogP contribution is 2.20. The maximum Gasteiger partial charge on any atom is 0.178 e. The standard InChI is InChI=1S/C11H16O3S2/c1-2-9-16(13,14)11-5-3-10(4-6-11)15-8-7-12/h3-6,12H,2,7-9H2,1H3. The summed E-state index contributed by atoms with van der Waals surface area (Å²) in [7, 11) is -3.11. The molecular weight excluding hydrogens is 244 g/mol. The molecule has 0 unspecified atom stereocenters. The fraction of sp³-hybridized carbons (Fsp3) is 0.455. The fourth-order valence-corrected chi connectivity index (χ4v) is 3.27. The van der Waals surface area contributed by atoms with Crippen molar-refractivity contribution in [1.82, 2.24) is 0 Å². The molecule has 5 heteroatoms. The molecule has 0 aliphatic heterocycles. The van der Waals surface area contributed by atoms with Gasteiger partial charge in [-0.15, -0.1) is 11.8 Å². The Balaban J connectivity index is 2.78. The van der Waals surface area contributed by atoms with E-state index in [1.165, 1.54) is 11.8 Å². The van der Waals surface area contributed by atoms with Crippen LogP contribution in [0.2, 0.25) is 0 Å². The minimum absolute atomic E-state index is 0.126. The zero-order chi connectivity index (χ0) is 12.0. The first kappa shape index (κ1) is 13.5. The van der Waals surface area contributed by atoms with Crippen LogP contribution in [0.15, 0.2) is 34.1 Å². The quantitative estimate of drug-likeness (QED) is 0.794. The Morgan fingerprint density at radius 2 is 1.88 bits per heavy atom. The Morgan fingerprint density at radius 3 is 2.38 bits per heavy atom. The Labute approximate surface area is 101 Å². The molecule has 0 bridgehead atoms. The topological polar surface area (TPSA) is 54.4 Å². The lowest BCUT2D eigenvalue weighted by Gasteiger charge is -2.04. The van der Waals surface area contributed by atoms with Gasteiger partial charge in [0.05, 0.1) is 17.3 Å². The first-order valence-electron chi connectivity index (χ1n) is 5.16. The summed E-state index contributed by atoms with van der Waals surface area (Å²) >= 11 is 1.51. The molecule has 0 atom stereocenters. The normalized spacial score (nSPS) is 11.6. The lowest BCUT2D eigenvalue weighted by molar-refractivity contribution is 0.322. The highest BCUT2D eigenvalue weighted by atomic mass is 32.2. The molecule has 0 radical (unpaired) electrons. The Kier molecular flexibility index (Phi) is 5.31. The smallest absolute Gasteiger partial charge is 0.178 e. The first-order valence-corrected chi connectivity index (χ1v) is 7.80. The summed E-state index contributed by atoms with van der Waals surface area (Å²) in [5, 5.41) is 8.66.